The van der Waals surface area contributed by atoms with E-state index in [1.807, 2.05) is 6.07 Å². The molecule has 5 nitrogen and oxygen atoms in total. The number of hydrogen-bond acceptors (Lipinski definition) is 3. The zero-order valence-corrected chi connectivity index (χ0v) is 13.9. The van der Waals surface area contributed by atoms with Crippen LogP contribution >= 0.6 is 0 Å². The molecule has 3 heterocycles. The second kappa shape index (κ2) is 6.77. The number of fused-ring (bicyclic) bond motifs is 1. The number of carbonyl (C=O) groups excluding carboxylic acids is 1. The van der Waals surface area contributed by atoms with E-state index in [9.17, 15) is 4.79 Å². The zero-order chi connectivity index (χ0) is 16.4. The third-order valence-electron chi connectivity index (χ3n) is 5.06. The molecule has 1 aromatic heterocycles. The van der Waals surface area contributed by atoms with Gasteiger partial charge >= 0.3 is 0 Å². The van der Waals surface area contributed by atoms with Crippen LogP contribution in [0.25, 0.3) is 11.3 Å². The molecule has 0 atom stereocenters. The maximum Gasteiger partial charge on any atom is 0.223 e. The molecule has 0 bridgehead atoms. The first kappa shape index (κ1) is 15.4. The number of nitrogens with zero attached hydrogens (tertiary/aromatic N) is 2. The summed E-state index contributed by atoms with van der Waals surface area (Å²) in [5, 5.41) is 6.39. The van der Waals surface area contributed by atoms with Crippen molar-refractivity contribution < 1.29 is 4.79 Å². The maximum atomic E-state index is 12.3. The summed E-state index contributed by atoms with van der Waals surface area (Å²) in [6.07, 6.45) is 6.30. The minimum atomic E-state index is 0.158. The van der Waals surface area contributed by atoms with E-state index in [0.29, 0.717) is 6.54 Å². The van der Waals surface area contributed by atoms with Gasteiger partial charge in [0.1, 0.15) is 5.82 Å². The quantitative estimate of drug-likeness (QED) is 0.905. The molecule has 0 unspecified atom stereocenters. The third kappa shape index (κ3) is 3.22. The number of rotatable bonds is 4. The highest BCUT2D eigenvalue weighted by Crippen LogP contribution is 2.23. The van der Waals surface area contributed by atoms with E-state index in [1.54, 1.807) is 0 Å². The van der Waals surface area contributed by atoms with Crippen molar-refractivity contribution in [1.82, 2.24) is 20.2 Å². The lowest BCUT2D eigenvalue weighted by Gasteiger charge is -2.21. The molecule has 5 heteroatoms. The molecule has 0 radical (unpaired) electrons. The molecule has 0 saturated carbocycles. The van der Waals surface area contributed by atoms with Crippen molar-refractivity contribution in [3.8, 4) is 11.3 Å². The summed E-state index contributed by atoms with van der Waals surface area (Å²) >= 11 is 0. The largest absolute Gasteiger partial charge is 0.352 e. The fourth-order valence-corrected chi connectivity index (χ4v) is 3.65. The highest BCUT2D eigenvalue weighted by Gasteiger charge is 2.20. The molecule has 2 aliphatic heterocycles. The molecule has 1 saturated heterocycles. The van der Waals surface area contributed by atoms with E-state index in [0.717, 1.165) is 55.7 Å². The van der Waals surface area contributed by atoms with Crippen LogP contribution in [0, 0.1) is 5.92 Å². The van der Waals surface area contributed by atoms with E-state index in [-0.39, 0.29) is 11.8 Å². The van der Waals surface area contributed by atoms with Crippen LogP contribution < -0.4 is 10.6 Å². The molecule has 2 aliphatic rings. The van der Waals surface area contributed by atoms with Gasteiger partial charge in [0.15, 0.2) is 0 Å². The van der Waals surface area contributed by atoms with Crippen molar-refractivity contribution in [3.63, 3.8) is 0 Å². The number of imidazole rings is 1. The Morgan fingerprint density at radius 3 is 3.04 bits per heavy atom. The summed E-state index contributed by atoms with van der Waals surface area (Å²) in [6.45, 7) is 3.55. The Kier molecular flexibility index (Phi) is 4.34. The molecule has 126 valence electrons. The first-order valence-electron chi connectivity index (χ1n) is 8.93. The first-order valence-corrected chi connectivity index (χ1v) is 8.93. The van der Waals surface area contributed by atoms with Crippen LogP contribution in [0.3, 0.4) is 0 Å². The Morgan fingerprint density at radius 2 is 2.21 bits per heavy atom. The maximum absolute atomic E-state index is 12.3. The fourth-order valence-electron chi connectivity index (χ4n) is 3.65. The van der Waals surface area contributed by atoms with Crippen molar-refractivity contribution in [1.29, 1.82) is 0 Å². The summed E-state index contributed by atoms with van der Waals surface area (Å²) < 4.78 is 2.25. The summed E-state index contributed by atoms with van der Waals surface area (Å²) in [4.78, 5) is 17.0. The van der Waals surface area contributed by atoms with Gasteiger partial charge in [-0.15, -0.1) is 0 Å². The second-order valence-corrected chi connectivity index (χ2v) is 6.78. The normalized spacial score (nSPS) is 17.7. The molecule has 0 spiro atoms. The van der Waals surface area contributed by atoms with Crippen LogP contribution in [-0.4, -0.2) is 28.5 Å². The van der Waals surface area contributed by atoms with Gasteiger partial charge in [0, 0.05) is 37.2 Å². The highest BCUT2D eigenvalue weighted by atomic mass is 16.1. The van der Waals surface area contributed by atoms with E-state index in [2.05, 4.69) is 39.6 Å². The predicted octanol–water partition coefficient (Wildman–Crippen LogP) is 2.11. The number of benzene rings is 1. The van der Waals surface area contributed by atoms with Crippen LogP contribution in [0.1, 0.15) is 30.7 Å². The van der Waals surface area contributed by atoms with Gasteiger partial charge in [0.2, 0.25) is 5.91 Å². The van der Waals surface area contributed by atoms with Crippen molar-refractivity contribution >= 4 is 5.91 Å². The van der Waals surface area contributed by atoms with Gasteiger partial charge in [-0.05, 0) is 44.0 Å². The van der Waals surface area contributed by atoms with Crippen LogP contribution in [0.15, 0.2) is 30.5 Å². The van der Waals surface area contributed by atoms with E-state index < -0.39 is 0 Å². The number of amides is 1. The smallest absolute Gasteiger partial charge is 0.223 e. The van der Waals surface area contributed by atoms with Gasteiger partial charge in [0.05, 0.1) is 5.69 Å². The Labute approximate surface area is 142 Å². The minimum Gasteiger partial charge on any atom is -0.352 e. The molecule has 1 fully saturated rings. The molecule has 0 aliphatic carbocycles. The number of aryl methyl sites for hydroxylation is 2. The number of carbonyl (C=O) groups is 1. The number of hydrogen-bond donors (Lipinski definition) is 2. The van der Waals surface area contributed by atoms with Crippen molar-refractivity contribution in [2.45, 2.75) is 38.8 Å². The summed E-state index contributed by atoms with van der Waals surface area (Å²) in [6, 6.07) is 8.35. The van der Waals surface area contributed by atoms with Crippen molar-refractivity contribution in [2.24, 2.45) is 5.92 Å². The van der Waals surface area contributed by atoms with Gasteiger partial charge in [-0.2, -0.15) is 0 Å². The Hall–Kier alpha value is -2.14. The lowest BCUT2D eigenvalue weighted by atomic mass is 9.97. The third-order valence-corrected chi connectivity index (χ3v) is 5.06. The standard InChI is InChI=1S/C19H24N4O/c24-19(15-6-8-20-9-7-15)21-12-14-3-1-4-16(11-14)17-13-23-10-2-5-18(23)22-17/h1,3-4,11,13,15,20H,2,5-10,12H2,(H,21,24). The Balaban J connectivity index is 1.41. The SMILES string of the molecule is O=C(NCc1cccc(-c2cn3c(n2)CCC3)c1)C1CCNCC1. The van der Waals surface area contributed by atoms with E-state index in [1.165, 1.54) is 12.2 Å². The van der Waals surface area contributed by atoms with Crippen molar-refractivity contribution in [2.75, 3.05) is 13.1 Å². The number of nitrogens with one attached hydrogen (secondary N) is 2. The van der Waals surface area contributed by atoms with E-state index in [4.69, 9.17) is 4.98 Å². The van der Waals surface area contributed by atoms with Gasteiger partial charge in [-0.1, -0.05) is 18.2 Å². The molecule has 2 N–H and O–H groups in total. The molecule has 24 heavy (non-hydrogen) atoms. The predicted molar refractivity (Wildman–Crippen MR) is 93.4 cm³/mol. The van der Waals surface area contributed by atoms with Gasteiger partial charge in [-0.25, -0.2) is 4.98 Å². The van der Waals surface area contributed by atoms with Gasteiger partial charge < -0.3 is 15.2 Å². The lowest BCUT2D eigenvalue weighted by Crippen LogP contribution is -2.37. The Morgan fingerprint density at radius 1 is 1.33 bits per heavy atom. The van der Waals surface area contributed by atoms with Crippen molar-refractivity contribution in [3.05, 3.63) is 41.9 Å². The minimum absolute atomic E-state index is 0.158. The Bertz CT molecular complexity index is 709. The van der Waals surface area contributed by atoms with Gasteiger partial charge in [-0.3, -0.25) is 4.79 Å². The second-order valence-electron chi connectivity index (χ2n) is 6.78. The average Bonchev–Trinajstić information content (AvgIpc) is 3.23. The number of aromatic nitrogens is 2. The summed E-state index contributed by atoms with van der Waals surface area (Å²) in [7, 11) is 0. The lowest BCUT2D eigenvalue weighted by molar-refractivity contribution is -0.125. The van der Waals surface area contributed by atoms with Crippen LogP contribution in [0.5, 0.6) is 0 Å². The number of piperidine rings is 1. The fraction of sp³-hybridized carbons (Fsp3) is 0.474. The van der Waals surface area contributed by atoms with Crippen LogP contribution in [0.2, 0.25) is 0 Å². The summed E-state index contributed by atoms with van der Waals surface area (Å²) in [5.74, 6) is 1.53. The molecular weight excluding hydrogens is 300 g/mol. The zero-order valence-electron chi connectivity index (χ0n) is 13.9. The monoisotopic (exact) mass is 324 g/mol. The topological polar surface area (TPSA) is 59.0 Å². The van der Waals surface area contributed by atoms with Gasteiger partial charge in [0.25, 0.3) is 0 Å². The highest BCUT2D eigenvalue weighted by molar-refractivity contribution is 5.78. The molecule has 2 aromatic rings. The first-order chi connectivity index (χ1) is 11.8. The van der Waals surface area contributed by atoms with E-state index >= 15 is 0 Å². The molecule has 1 amide bonds. The van der Waals surface area contributed by atoms with Crippen LogP contribution in [0.4, 0.5) is 0 Å². The molecular formula is C19H24N4O. The van der Waals surface area contributed by atoms with Crippen LogP contribution in [-0.2, 0) is 24.3 Å². The average molecular weight is 324 g/mol. The molecule has 4 rings (SSSR count). The summed E-state index contributed by atoms with van der Waals surface area (Å²) in [5.41, 5.74) is 3.30. The molecule has 1 aromatic carbocycles.